The third-order valence-corrected chi connectivity index (χ3v) is 3.30. The molecule has 0 aliphatic carbocycles. The Kier molecular flexibility index (Phi) is 5.43. The topological polar surface area (TPSA) is 81.0 Å². The number of carbonyl (C=O) groups is 1. The van der Waals surface area contributed by atoms with Gasteiger partial charge in [-0.05, 0) is 39.2 Å². The maximum absolute atomic E-state index is 11.2. The van der Waals surface area contributed by atoms with Crippen LogP contribution >= 0.6 is 0 Å². The van der Waals surface area contributed by atoms with Crippen LogP contribution in [-0.4, -0.2) is 17.1 Å². The van der Waals surface area contributed by atoms with Gasteiger partial charge in [0, 0.05) is 18.7 Å². The average molecular weight is 263 g/mol. The van der Waals surface area contributed by atoms with Crippen LogP contribution in [0.2, 0.25) is 0 Å². The van der Waals surface area contributed by atoms with Crippen LogP contribution in [-0.2, 0) is 16.1 Å². The highest BCUT2D eigenvalue weighted by atomic mass is 16.5. The zero-order chi connectivity index (χ0) is 14.4. The minimum atomic E-state index is -0.159. The van der Waals surface area contributed by atoms with Gasteiger partial charge in [0.05, 0.1) is 12.2 Å². The first-order valence-electron chi connectivity index (χ1n) is 6.53. The van der Waals surface area contributed by atoms with E-state index < -0.39 is 0 Å². The molecule has 0 spiro atoms. The monoisotopic (exact) mass is 263 g/mol. The number of esters is 1. The molecule has 1 heterocycles. The number of hydrogen-bond acceptors (Lipinski definition) is 4. The number of nitrogens with two attached hydrogens (primary N) is 1. The van der Waals surface area contributed by atoms with Crippen LogP contribution in [0.25, 0.3) is 0 Å². The number of anilines is 1. The molecule has 2 N–H and O–H groups in total. The lowest BCUT2D eigenvalue weighted by Crippen LogP contribution is -2.07. The lowest BCUT2D eigenvalue weighted by atomic mass is 10.2. The first-order chi connectivity index (χ1) is 9.02. The second kappa shape index (κ2) is 6.83. The van der Waals surface area contributed by atoms with E-state index in [1.54, 1.807) is 6.92 Å². The number of nitriles is 1. The lowest BCUT2D eigenvalue weighted by Gasteiger charge is -2.08. The van der Waals surface area contributed by atoms with E-state index in [0.29, 0.717) is 24.4 Å². The van der Waals surface area contributed by atoms with E-state index >= 15 is 0 Å². The Hall–Kier alpha value is -1.96. The molecule has 0 bridgehead atoms. The molecule has 1 aromatic rings. The molecule has 0 aliphatic heterocycles. The summed E-state index contributed by atoms with van der Waals surface area (Å²) in [5, 5.41) is 9.04. The molecule has 104 valence electrons. The Balaban J connectivity index is 2.55. The molecule has 1 aromatic heterocycles. The first kappa shape index (κ1) is 15.1. The summed E-state index contributed by atoms with van der Waals surface area (Å²) in [6, 6.07) is 2.13. The second-order valence-corrected chi connectivity index (χ2v) is 4.50. The van der Waals surface area contributed by atoms with Crippen LogP contribution < -0.4 is 5.73 Å². The zero-order valence-electron chi connectivity index (χ0n) is 11.8. The molecular formula is C14H21N3O2. The third-order valence-electron chi connectivity index (χ3n) is 3.30. The van der Waals surface area contributed by atoms with Gasteiger partial charge in [-0.15, -0.1) is 0 Å². The summed E-state index contributed by atoms with van der Waals surface area (Å²) < 4.78 is 6.81. The Labute approximate surface area is 114 Å². The van der Waals surface area contributed by atoms with E-state index in [0.717, 1.165) is 30.6 Å². The van der Waals surface area contributed by atoms with Gasteiger partial charge in [0.15, 0.2) is 0 Å². The molecule has 0 aromatic carbocycles. The lowest BCUT2D eigenvalue weighted by molar-refractivity contribution is -0.143. The largest absolute Gasteiger partial charge is 0.466 e. The summed E-state index contributed by atoms with van der Waals surface area (Å²) in [4.78, 5) is 11.2. The molecular weight excluding hydrogens is 242 g/mol. The van der Waals surface area contributed by atoms with Crippen molar-refractivity contribution in [2.24, 2.45) is 0 Å². The van der Waals surface area contributed by atoms with Crippen LogP contribution in [0.1, 0.15) is 43.0 Å². The molecule has 0 atom stereocenters. The van der Waals surface area contributed by atoms with E-state index in [1.807, 2.05) is 18.4 Å². The highest BCUT2D eigenvalue weighted by molar-refractivity contribution is 5.69. The fourth-order valence-electron chi connectivity index (χ4n) is 2.09. The van der Waals surface area contributed by atoms with Gasteiger partial charge in [0.2, 0.25) is 0 Å². The summed E-state index contributed by atoms with van der Waals surface area (Å²) in [5.41, 5.74) is 8.47. The van der Waals surface area contributed by atoms with Crippen molar-refractivity contribution in [3.8, 4) is 6.07 Å². The normalized spacial score (nSPS) is 10.2. The molecule has 0 unspecified atom stereocenters. The van der Waals surface area contributed by atoms with Crippen LogP contribution in [0.3, 0.4) is 0 Å². The second-order valence-electron chi connectivity index (χ2n) is 4.50. The number of rotatable bonds is 6. The summed E-state index contributed by atoms with van der Waals surface area (Å²) in [6.45, 7) is 6.80. The smallest absolute Gasteiger partial charge is 0.305 e. The van der Waals surface area contributed by atoms with E-state index in [1.165, 1.54) is 0 Å². The van der Waals surface area contributed by atoms with Gasteiger partial charge >= 0.3 is 5.97 Å². The molecule has 0 aliphatic rings. The van der Waals surface area contributed by atoms with Gasteiger partial charge in [-0.2, -0.15) is 5.26 Å². The van der Waals surface area contributed by atoms with Crippen molar-refractivity contribution >= 4 is 11.8 Å². The van der Waals surface area contributed by atoms with Gasteiger partial charge in [-0.25, -0.2) is 0 Å². The van der Waals surface area contributed by atoms with Crippen molar-refractivity contribution in [1.29, 1.82) is 5.26 Å². The number of hydrogen-bond donors (Lipinski definition) is 1. The van der Waals surface area contributed by atoms with E-state index in [2.05, 4.69) is 6.07 Å². The summed E-state index contributed by atoms with van der Waals surface area (Å²) in [6.07, 6.45) is 2.03. The van der Waals surface area contributed by atoms with Crippen molar-refractivity contribution in [3.05, 3.63) is 16.8 Å². The molecule has 0 amide bonds. The molecule has 0 radical (unpaired) electrons. The molecule has 5 heteroatoms. The number of ether oxygens (including phenoxy) is 1. The van der Waals surface area contributed by atoms with Gasteiger partial charge in [0.1, 0.15) is 11.9 Å². The van der Waals surface area contributed by atoms with Gasteiger partial charge in [-0.1, -0.05) is 0 Å². The fraction of sp³-hybridized carbons (Fsp3) is 0.571. The van der Waals surface area contributed by atoms with Gasteiger partial charge < -0.3 is 15.0 Å². The van der Waals surface area contributed by atoms with Crippen molar-refractivity contribution in [3.63, 3.8) is 0 Å². The summed E-state index contributed by atoms with van der Waals surface area (Å²) in [5.74, 6) is 0.363. The minimum Gasteiger partial charge on any atom is -0.466 e. The molecule has 0 saturated heterocycles. The molecule has 19 heavy (non-hydrogen) atoms. The van der Waals surface area contributed by atoms with Crippen LogP contribution in [0.5, 0.6) is 0 Å². The van der Waals surface area contributed by atoms with E-state index in [4.69, 9.17) is 15.7 Å². The minimum absolute atomic E-state index is 0.159. The number of unbranched alkanes of at least 4 members (excludes halogenated alkanes) is 1. The number of nitrogen functional groups attached to an aromatic ring is 1. The number of nitrogens with zero attached hydrogens (tertiary/aromatic N) is 2. The van der Waals surface area contributed by atoms with Crippen molar-refractivity contribution in [1.82, 2.24) is 4.57 Å². The summed E-state index contributed by atoms with van der Waals surface area (Å²) >= 11 is 0. The highest BCUT2D eigenvalue weighted by Crippen LogP contribution is 2.23. The maximum atomic E-state index is 11.2. The zero-order valence-corrected chi connectivity index (χ0v) is 11.8. The highest BCUT2D eigenvalue weighted by Gasteiger charge is 2.14. The average Bonchev–Trinajstić information content (AvgIpc) is 2.58. The first-order valence-corrected chi connectivity index (χ1v) is 6.53. The van der Waals surface area contributed by atoms with Crippen LogP contribution in [0.4, 0.5) is 5.82 Å². The van der Waals surface area contributed by atoms with Crippen molar-refractivity contribution in [2.45, 2.75) is 46.6 Å². The molecule has 0 saturated carbocycles. The number of aromatic nitrogens is 1. The Bertz CT molecular complexity index is 498. The Morgan fingerprint density at radius 3 is 2.63 bits per heavy atom. The van der Waals surface area contributed by atoms with Crippen molar-refractivity contribution in [2.75, 3.05) is 12.3 Å². The Morgan fingerprint density at radius 1 is 1.42 bits per heavy atom. The van der Waals surface area contributed by atoms with E-state index in [9.17, 15) is 4.79 Å². The van der Waals surface area contributed by atoms with Crippen molar-refractivity contribution < 1.29 is 9.53 Å². The molecule has 1 rings (SSSR count). The van der Waals surface area contributed by atoms with Gasteiger partial charge in [0.25, 0.3) is 0 Å². The summed E-state index contributed by atoms with van der Waals surface area (Å²) in [7, 11) is 0. The predicted octanol–water partition coefficient (Wildman–Crippen LogP) is 2.29. The van der Waals surface area contributed by atoms with E-state index in [-0.39, 0.29) is 5.97 Å². The predicted molar refractivity (Wildman–Crippen MR) is 73.5 cm³/mol. The Morgan fingerprint density at radius 2 is 2.11 bits per heavy atom. The number of carbonyl (C=O) groups excluding carboxylic acids is 1. The molecule has 0 fully saturated rings. The quantitative estimate of drug-likeness (QED) is 0.630. The standard InChI is InChI=1S/C14H21N3O2/c1-4-19-13(18)7-5-6-8-17-11(3)10(2)12(9-15)14(17)16/h4-8,16H2,1-3H3. The third kappa shape index (κ3) is 3.50. The van der Waals surface area contributed by atoms with Crippen LogP contribution in [0, 0.1) is 25.2 Å². The van der Waals surface area contributed by atoms with Crippen LogP contribution in [0.15, 0.2) is 0 Å². The SMILES string of the molecule is CCOC(=O)CCCCn1c(C)c(C)c(C#N)c1N. The maximum Gasteiger partial charge on any atom is 0.305 e. The molecule has 5 nitrogen and oxygen atoms in total. The fourth-order valence-corrected chi connectivity index (χ4v) is 2.09. The van der Waals surface area contributed by atoms with Gasteiger partial charge in [-0.3, -0.25) is 4.79 Å².